The number of rotatable bonds is 3. The van der Waals surface area contributed by atoms with Crippen LogP contribution in [0.2, 0.25) is 0 Å². The summed E-state index contributed by atoms with van der Waals surface area (Å²) >= 11 is 0. The van der Waals surface area contributed by atoms with Crippen molar-refractivity contribution in [3.63, 3.8) is 0 Å². The van der Waals surface area contributed by atoms with E-state index in [1.165, 1.54) is 24.1 Å². The van der Waals surface area contributed by atoms with E-state index in [9.17, 15) is 14.0 Å². The number of ether oxygens (including phenoxy) is 1. The third-order valence-corrected chi connectivity index (χ3v) is 3.76. The van der Waals surface area contributed by atoms with Crippen LogP contribution in [0, 0.1) is 11.2 Å². The van der Waals surface area contributed by atoms with E-state index in [0.717, 1.165) is 6.07 Å². The second-order valence-electron chi connectivity index (χ2n) is 5.25. The molecule has 1 aliphatic rings. The molecule has 2 rings (SSSR count). The van der Waals surface area contributed by atoms with Gasteiger partial charge in [0.2, 0.25) is 5.91 Å². The highest BCUT2D eigenvalue weighted by Gasteiger charge is 2.41. The SMILES string of the molecule is COc1ccc(C(=O)N2CCC(C)(C(N)=O)C2)c(F)c1. The van der Waals surface area contributed by atoms with Crippen molar-refractivity contribution in [1.29, 1.82) is 0 Å². The van der Waals surface area contributed by atoms with Crippen molar-refractivity contribution >= 4 is 11.8 Å². The van der Waals surface area contributed by atoms with Gasteiger partial charge >= 0.3 is 0 Å². The summed E-state index contributed by atoms with van der Waals surface area (Å²) in [4.78, 5) is 25.1. The fraction of sp³-hybridized carbons (Fsp3) is 0.429. The molecule has 2 amide bonds. The zero-order valence-corrected chi connectivity index (χ0v) is 11.5. The van der Waals surface area contributed by atoms with Gasteiger partial charge in [0.25, 0.3) is 5.91 Å². The minimum atomic E-state index is -0.737. The summed E-state index contributed by atoms with van der Waals surface area (Å²) < 4.78 is 18.8. The van der Waals surface area contributed by atoms with E-state index in [0.29, 0.717) is 18.7 Å². The van der Waals surface area contributed by atoms with E-state index >= 15 is 0 Å². The topological polar surface area (TPSA) is 72.6 Å². The normalized spacial score (nSPS) is 21.9. The van der Waals surface area contributed by atoms with Gasteiger partial charge in [-0.05, 0) is 25.5 Å². The van der Waals surface area contributed by atoms with E-state index in [4.69, 9.17) is 10.5 Å². The molecule has 1 saturated heterocycles. The van der Waals surface area contributed by atoms with Gasteiger partial charge in [-0.3, -0.25) is 9.59 Å². The Morgan fingerprint density at radius 2 is 2.15 bits per heavy atom. The van der Waals surface area contributed by atoms with Gasteiger partial charge < -0.3 is 15.4 Å². The summed E-state index contributed by atoms with van der Waals surface area (Å²) in [5.74, 6) is -1.16. The third kappa shape index (κ3) is 2.45. The second kappa shape index (κ2) is 5.11. The number of hydrogen-bond donors (Lipinski definition) is 1. The molecule has 0 aromatic heterocycles. The molecule has 0 aliphatic carbocycles. The molecular formula is C14H17FN2O3. The van der Waals surface area contributed by atoms with Gasteiger partial charge in [-0.2, -0.15) is 0 Å². The maximum absolute atomic E-state index is 13.9. The van der Waals surface area contributed by atoms with Crippen LogP contribution >= 0.6 is 0 Å². The molecule has 0 bridgehead atoms. The Balaban J connectivity index is 2.19. The van der Waals surface area contributed by atoms with Crippen LogP contribution in [0.5, 0.6) is 5.75 Å². The van der Waals surface area contributed by atoms with Gasteiger partial charge in [0.15, 0.2) is 0 Å². The Bertz CT molecular complexity index is 561. The van der Waals surface area contributed by atoms with Crippen LogP contribution in [0.15, 0.2) is 18.2 Å². The standard InChI is InChI=1S/C14H17FN2O3/c1-14(13(16)19)5-6-17(8-14)12(18)10-4-3-9(20-2)7-11(10)15/h3-4,7H,5-6,8H2,1-2H3,(H2,16,19). The van der Waals surface area contributed by atoms with Crippen molar-refractivity contribution in [3.05, 3.63) is 29.6 Å². The van der Waals surface area contributed by atoms with Crippen molar-refractivity contribution in [2.24, 2.45) is 11.1 Å². The Labute approximate surface area is 116 Å². The predicted molar refractivity (Wildman–Crippen MR) is 70.8 cm³/mol. The number of primary amides is 1. The van der Waals surface area contributed by atoms with Crippen molar-refractivity contribution < 1.29 is 18.7 Å². The Morgan fingerprint density at radius 3 is 2.65 bits per heavy atom. The van der Waals surface area contributed by atoms with Crippen LogP contribution in [0.4, 0.5) is 4.39 Å². The molecule has 6 heteroatoms. The summed E-state index contributed by atoms with van der Waals surface area (Å²) in [6, 6.07) is 4.08. The first-order chi connectivity index (χ1) is 9.37. The summed E-state index contributed by atoms with van der Waals surface area (Å²) in [5, 5.41) is 0. The Kier molecular flexibility index (Phi) is 3.65. The van der Waals surface area contributed by atoms with Crippen molar-refractivity contribution in [1.82, 2.24) is 4.90 Å². The minimum Gasteiger partial charge on any atom is -0.497 e. The number of likely N-dealkylation sites (tertiary alicyclic amines) is 1. The van der Waals surface area contributed by atoms with E-state index in [1.807, 2.05) is 0 Å². The molecule has 1 aromatic rings. The van der Waals surface area contributed by atoms with Crippen molar-refractivity contribution in [3.8, 4) is 5.75 Å². The average molecular weight is 280 g/mol. The van der Waals surface area contributed by atoms with Crippen LogP contribution in [0.1, 0.15) is 23.7 Å². The van der Waals surface area contributed by atoms with Gasteiger partial charge in [-0.15, -0.1) is 0 Å². The van der Waals surface area contributed by atoms with E-state index in [2.05, 4.69) is 0 Å². The van der Waals surface area contributed by atoms with Crippen LogP contribution in [-0.4, -0.2) is 36.9 Å². The molecule has 5 nitrogen and oxygen atoms in total. The highest BCUT2D eigenvalue weighted by molar-refractivity contribution is 5.95. The first-order valence-electron chi connectivity index (χ1n) is 6.30. The number of amides is 2. The first kappa shape index (κ1) is 14.3. The summed E-state index contributed by atoms with van der Waals surface area (Å²) in [7, 11) is 1.43. The van der Waals surface area contributed by atoms with Crippen LogP contribution in [0.25, 0.3) is 0 Å². The van der Waals surface area contributed by atoms with Crippen LogP contribution in [0.3, 0.4) is 0 Å². The molecule has 1 unspecified atom stereocenters. The maximum atomic E-state index is 13.9. The minimum absolute atomic E-state index is 0.0282. The van der Waals surface area contributed by atoms with Gasteiger partial charge in [-0.1, -0.05) is 0 Å². The molecule has 0 radical (unpaired) electrons. The molecule has 20 heavy (non-hydrogen) atoms. The van der Waals surface area contributed by atoms with Gasteiger partial charge in [0.05, 0.1) is 18.1 Å². The lowest BCUT2D eigenvalue weighted by Crippen LogP contribution is -2.38. The van der Waals surface area contributed by atoms with Crippen LogP contribution < -0.4 is 10.5 Å². The molecule has 1 aromatic carbocycles. The van der Waals surface area contributed by atoms with Crippen molar-refractivity contribution in [2.75, 3.05) is 20.2 Å². The average Bonchev–Trinajstić information content (AvgIpc) is 2.82. The predicted octanol–water partition coefficient (Wildman–Crippen LogP) is 1.17. The molecule has 0 spiro atoms. The number of hydrogen-bond acceptors (Lipinski definition) is 3. The fourth-order valence-corrected chi connectivity index (χ4v) is 2.30. The smallest absolute Gasteiger partial charge is 0.256 e. The van der Waals surface area contributed by atoms with Gasteiger partial charge in [0, 0.05) is 19.2 Å². The molecule has 1 atom stereocenters. The van der Waals surface area contributed by atoms with Crippen molar-refractivity contribution in [2.45, 2.75) is 13.3 Å². The Morgan fingerprint density at radius 1 is 1.45 bits per heavy atom. The molecule has 108 valence electrons. The fourth-order valence-electron chi connectivity index (χ4n) is 2.30. The molecule has 1 heterocycles. The van der Waals surface area contributed by atoms with E-state index in [1.54, 1.807) is 6.92 Å². The quantitative estimate of drug-likeness (QED) is 0.903. The third-order valence-electron chi connectivity index (χ3n) is 3.76. The highest BCUT2D eigenvalue weighted by atomic mass is 19.1. The number of methoxy groups -OCH3 is 1. The summed E-state index contributed by atoms with van der Waals surface area (Å²) in [6.45, 7) is 2.32. The van der Waals surface area contributed by atoms with Crippen LogP contribution in [-0.2, 0) is 4.79 Å². The summed E-state index contributed by atoms with van der Waals surface area (Å²) in [6.07, 6.45) is 0.492. The summed E-state index contributed by atoms with van der Waals surface area (Å²) in [5.41, 5.74) is 4.57. The first-order valence-corrected chi connectivity index (χ1v) is 6.30. The number of carbonyl (C=O) groups is 2. The van der Waals surface area contributed by atoms with Gasteiger partial charge in [0.1, 0.15) is 11.6 Å². The maximum Gasteiger partial charge on any atom is 0.256 e. The number of nitrogens with two attached hydrogens (primary N) is 1. The Hall–Kier alpha value is -2.11. The molecular weight excluding hydrogens is 263 g/mol. The lowest BCUT2D eigenvalue weighted by molar-refractivity contribution is -0.126. The molecule has 2 N–H and O–H groups in total. The molecule has 0 saturated carbocycles. The molecule has 1 fully saturated rings. The monoisotopic (exact) mass is 280 g/mol. The highest BCUT2D eigenvalue weighted by Crippen LogP contribution is 2.31. The zero-order chi connectivity index (χ0) is 14.9. The van der Waals surface area contributed by atoms with E-state index in [-0.39, 0.29) is 12.1 Å². The number of benzene rings is 1. The second-order valence-corrected chi connectivity index (χ2v) is 5.25. The number of carbonyl (C=O) groups excluding carboxylic acids is 2. The van der Waals surface area contributed by atoms with E-state index < -0.39 is 23.0 Å². The zero-order valence-electron chi connectivity index (χ0n) is 11.5. The lowest BCUT2D eigenvalue weighted by Gasteiger charge is -2.21. The largest absolute Gasteiger partial charge is 0.497 e. The number of nitrogens with zero attached hydrogens (tertiary/aromatic N) is 1. The number of halogens is 1. The lowest BCUT2D eigenvalue weighted by atomic mass is 9.89. The molecule has 1 aliphatic heterocycles. The van der Waals surface area contributed by atoms with Gasteiger partial charge in [-0.25, -0.2) is 4.39 Å².